The number of hydrogen-bond acceptors (Lipinski definition) is 10. The number of aromatic nitrogens is 6. The van der Waals surface area contributed by atoms with Crippen LogP contribution in [0, 0.1) is 19.2 Å². The van der Waals surface area contributed by atoms with Gasteiger partial charge in [0.25, 0.3) is 0 Å². The van der Waals surface area contributed by atoms with E-state index in [-0.39, 0.29) is 31.7 Å². The number of benzene rings is 8. The first-order valence-electron chi connectivity index (χ1n) is 20.8. The molecule has 7 nitrogen and oxygen atoms in total. The number of hydrogen-bond donors (Lipinski definition) is 2. The molecule has 0 saturated heterocycles. The van der Waals surface area contributed by atoms with Crippen LogP contribution in [0.5, 0.6) is 11.6 Å². The van der Waals surface area contributed by atoms with E-state index in [0.29, 0.717) is 32.3 Å². The van der Waals surface area contributed by atoms with Gasteiger partial charge in [-0.05, 0) is 99.8 Å². The number of alkyl halides is 3. The van der Waals surface area contributed by atoms with Crippen LogP contribution in [0.25, 0.3) is 95.1 Å². The summed E-state index contributed by atoms with van der Waals surface area (Å²) < 4.78 is 47.4. The van der Waals surface area contributed by atoms with E-state index in [1.54, 1.807) is 12.4 Å². The van der Waals surface area contributed by atoms with Gasteiger partial charge in [-0.15, -0.1) is 38.5 Å². The quantitative estimate of drug-likeness (QED) is 0.101. The summed E-state index contributed by atoms with van der Waals surface area (Å²) in [4.78, 5) is 1.58. The van der Waals surface area contributed by atoms with Crippen molar-refractivity contribution < 1.29 is 38.0 Å². The SMILES string of the molecule is FC(F)(F)c1ccccc1Oc1nnc(-c2[c-]c3ccccc3s2)c2cc3ccccc3cc12.[CH-]=C(S)c1nncc2cc3ccccc3cc12.[CH-]=C(S)c1nncc2cc3ccccc3cc12.[Ir+3]. The van der Waals surface area contributed by atoms with Gasteiger partial charge in [0.2, 0.25) is 5.88 Å². The molecule has 14 heteroatoms. The molecule has 69 heavy (non-hydrogen) atoms. The van der Waals surface area contributed by atoms with Gasteiger partial charge in [0.1, 0.15) is 5.75 Å². The van der Waals surface area contributed by atoms with Gasteiger partial charge in [0.15, 0.2) is 0 Å². The molecule has 0 saturated carbocycles. The second-order valence-corrected chi connectivity index (χ2v) is 17.5. The van der Waals surface area contributed by atoms with E-state index in [1.165, 1.54) is 40.3 Å². The number of rotatable bonds is 5. The zero-order valence-electron chi connectivity index (χ0n) is 35.7. The van der Waals surface area contributed by atoms with E-state index >= 15 is 0 Å². The average molecular weight is 1140 g/mol. The molecule has 8 aromatic carbocycles. The van der Waals surface area contributed by atoms with Crippen LogP contribution in [-0.2, 0) is 26.3 Å². The maximum absolute atomic E-state index is 13.5. The van der Waals surface area contributed by atoms with Crippen molar-refractivity contribution in [2.24, 2.45) is 0 Å². The van der Waals surface area contributed by atoms with Crippen molar-refractivity contribution in [3.05, 3.63) is 206 Å². The summed E-state index contributed by atoms with van der Waals surface area (Å²) in [6, 6.07) is 52.6. The average Bonchev–Trinajstić information content (AvgIpc) is 3.79. The molecular formula is C55H32F3IrN6OS3. The van der Waals surface area contributed by atoms with Crippen LogP contribution in [0.4, 0.5) is 13.2 Å². The van der Waals surface area contributed by atoms with Gasteiger partial charge in [-0.3, -0.25) is 13.2 Å². The molecule has 4 heterocycles. The van der Waals surface area contributed by atoms with Gasteiger partial charge in [-0.2, -0.15) is 53.7 Å². The molecule has 0 unspecified atom stereocenters. The molecule has 0 N–H and O–H groups in total. The number of para-hydroxylation sites is 1. The minimum atomic E-state index is -4.56. The molecule has 0 amide bonds. The summed E-state index contributed by atoms with van der Waals surface area (Å²) >= 11 is 9.84. The molecule has 12 rings (SSSR count). The molecule has 0 spiro atoms. The van der Waals surface area contributed by atoms with Crippen molar-refractivity contribution in [1.82, 2.24) is 30.6 Å². The largest absolute Gasteiger partial charge is 3.00 e. The second-order valence-electron chi connectivity index (χ2n) is 15.5. The Hall–Kier alpha value is -7.06. The number of thiol groups is 2. The Morgan fingerprint density at radius 3 is 1.48 bits per heavy atom. The molecule has 0 fully saturated rings. The predicted octanol–water partition coefficient (Wildman–Crippen LogP) is 15.2. The van der Waals surface area contributed by atoms with E-state index in [1.807, 2.05) is 84.9 Å². The number of nitrogens with zero attached hydrogens (tertiary/aromatic N) is 6. The molecular weight excluding hydrogens is 1110 g/mol. The van der Waals surface area contributed by atoms with Gasteiger partial charge in [-0.25, -0.2) is 21.5 Å². The van der Waals surface area contributed by atoms with Crippen LogP contribution < -0.4 is 4.74 Å². The van der Waals surface area contributed by atoms with Crippen molar-refractivity contribution >= 4 is 121 Å². The Morgan fingerprint density at radius 1 is 0.522 bits per heavy atom. The maximum atomic E-state index is 13.5. The third-order valence-corrected chi connectivity index (χ3v) is 12.6. The summed E-state index contributed by atoms with van der Waals surface area (Å²) in [6.45, 7) is 11.4. The molecule has 12 aromatic rings. The fraction of sp³-hybridized carbons (Fsp3) is 0.0182. The number of thiophene rings is 1. The summed E-state index contributed by atoms with van der Waals surface area (Å²) in [5, 5.41) is 37.4. The van der Waals surface area contributed by atoms with Crippen molar-refractivity contribution in [3.63, 3.8) is 0 Å². The van der Waals surface area contributed by atoms with Gasteiger partial charge in [0, 0.05) is 11.1 Å². The Morgan fingerprint density at radius 2 is 0.971 bits per heavy atom. The van der Waals surface area contributed by atoms with Crippen LogP contribution in [0.1, 0.15) is 17.0 Å². The van der Waals surface area contributed by atoms with Crippen LogP contribution in [0.3, 0.4) is 0 Å². The zero-order chi connectivity index (χ0) is 46.9. The number of fused-ring (bicyclic) bond motifs is 7. The van der Waals surface area contributed by atoms with Crippen molar-refractivity contribution in [3.8, 4) is 22.2 Å². The molecule has 0 radical (unpaired) electrons. The summed E-state index contributed by atoms with van der Waals surface area (Å²) in [7, 11) is 0. The summed E-state index contributed by atoms with van der Waals surface area (Å²) in [6.07, 6.45) is -1.08. The Bertz CT molecular complexity index is 3780. The molecule has 0 bridgehead atoms. The minimum absolute atomic E-state index is 0. The van der Waals surface area contributed by atoms with E-state index in [0.717, 1.165) is 69.5 Å². The standard InChI is InChI=1S/C27H14F3N2OS.2C14H9N2S.Ir/c28-27(29,30)21-10-4-5-11-22(21)33-26-20-14-17-8-2-1-7-16(17)13-19(20)25(31-32-26)24-15-18-9-3-6-12-23(18)34-24;2*1-9(17)14-13-7-11-5-3-2-4-10(11)6-12(13)8-15-16-14;/h1-14H;2*1-8,17H;/q3*-1;+3. The van der Waals surface area contributed by atoms with Gasteiger partial charge >= 0.3 is 26.3 Å². The molecule has 0 aliphatic rings. The first-order chi connectivity index (χ1) is 33.0. The van der Waals surface area contributed by atoms with E-state index in [2.05, 4.69) is 110 Å². The third kappa shape index (κ3) is 9.80. The number of halogens is 3. The monoisotopic (exact) mass is 1140 g/mol. The van der Waals surface area contributed by atoms with Gasteiger partial charge in [0.05, 0.1) is 18.0 Å². The zero-order valence-corrected chi connectivity index (χ0v) is 40.7. The molecule has 0 aliphatic heterocycles. The van der Waals surface area contributed by atoms with Gasteiger partial charge < -0.3 is 4.74 Å². The van der Waals surface area contributed by atoms with Crippen molar-refractivity contribution in [2.45, 2.75) is 6.18 Å². The summed E-state index contributed by atoms with van der Waals surface area (Å²) in [5.74, 6) is -0.303. The number of ether oxygens (including phenoxy) is 1. The van der Waals surface area contributed by atoms with E-state index < -0.39 is 11.7 Å². The topological polar surface area (TPSA) is 86.6 Å². The molecule has 4 aromatic heterocycles. The normalized spacial score (nSPS) is 11.3. The smallest absolute Gasteiger partial charge is 0.436 e. The van der Waals surface area contributed by atoms with E-state index in [4.69, 9.17) is 17.9 Å². The molecule has 0 aliphatic carbocycles. The first-order valence-corrected chi connectivity index (χ1v) is 22.6. The summed E-state index contributed by atoms with van der Waals surface area (Å²) in [5.41, 5.74) is 1.01. The van der Waals surface area contributed by atoms with Crippen molar-refractivity contribution in [1.29, 1.82) is 0 Å². The second kappa shape index (κ2) is 19.9. The first kappa shape index (κ1) is 47.0. The Kier molecular flexibility index (Phi) is 13.5. The minimum Gasteiger partial charge on any atom is -0.436 e. The van der Waals surface area contributed by atoms with E-state index in [9.17, 15) is 13.2 Å². The van der Waals surface area contributed by atoms with Crippen LogP contribution >= 0.6 is 36.6 Å². The van der Waals surface area contributed by atoms with Crippen LogP contribution in [0.2, 0.25) is 0 Å². The molecule has 336 valence electrons. The fourth-order valence-electron chi connectivity index (χ4n) is 7.90. The third-order valence-electron chi connectivity index (χ3n) is 11.1. The van der Waals surface area contributed by atoms with Gasteiger partial charge in [-0.1, -0.05) is 126 Å². The Balaban J connectivity index is 0.000000142. The predicted molar refractivity (Wildman–Crippen MR) is 276 cm³/mol. The maximum Gasteiger partial charge on any atom is 3.00 e. The molecule has 0 atom stereocenters. The van der Waals surface area contributed by atoms with Crippen LogP contribution in [-0.4, -0.2) is 30.6 Å². The Labute approximate surface area is 421 Å². The fourth-order valence-corrected chi connectivity index (χ4v) is 9.24. The van der Waals surface area contributed by atoms with Crippen molar-refractivity contribution in [2.75, 3.05) is 0 Å². The van der Waals surface area contributed by atoms with Crippen LogP contribution in [0.15, 0.2) is 170 Å².